The summed E-state index contributed by atoms with van der Waals surface area (Å²) in [6.07, 6.45) is -2.82. The Hall–Kier alpha value is -3.01. The van der Waals surface area contributed by atoms with Gasteiger partial charge in [0.2, 0.25) is 0 Å². The molecule has 1 aliphatic rings. The standard InChI is InChI=1S/C24H24F4N4OS/c1-14-5-4-12-32(18(14)13-29-20-7-3-6-19(31-20)24(26,27)28)23(33)21-22(34-15(2)30-21)16-8-10-17(25)11-9-16/h3,6-11,14,18H,4-5,12-13H2,1-2H3,(H,29,31)/t14-,18-/m0/s1. The first-order valence-electron chi connectivity index (χ1n) is 11.0. The summed E-state index contributed by atoms with van der Waals surface area (Å²) in [5.74, 6) is -0.363. The summed E-state index contributed by atoms with van der Waals surface area (Å²) in [5.41, 5.74) is 0.0534. The lowest BCUT2D eigenvalue weighted by atomic mass is 9.90. The van der Waals surface area contributed by atoms with Crippen molar-refractivity contribution in [2.45, 2.75) is 38.9 Å². The van der Waals surface area contributed by atoms with Crippen LogP contribution in [0.1, 0.15) is 41.0 Å². The van der Waals surface area contributed by atoms with Crippen LogP contribution in [-0.2, 0) is 6.18 Å². The first-order chi connectivity index (χ1) is 16.1. The van der Waals surface area contributed by atoms with E-state index >= 15 is 0 Å². The van der Waals surface area contributed by atoms with Crippen molar-refractivity contribution >= 4 is 23.1 Å². The smallest absolute Gasteiger partial charge is 0.368 e. The second-order valence-electron chi connectivity index (χ2n) is 8.39. The van der Waals surface area contributed by atoms with Crippen LogP contribution < -0.4 is 5.32 Å². The Morgan fingerprint density at radius 1 is 1.18 bits per heavy atom. The molecule has 2 atom stereocenters. The highest BCUT2D eigenvalue weighted by atomic mass is 32.1. The van der Waals surface area contributed by atoms with Crippen LogP contribution in [0, 0.1) is 18.7 Å². The number of anilines is 1. The molecule has 0 unspecified atom stereocenters. The van der Waals surface area contributed by atoms with Crippen LogP contribution >= 0.6 is 11.3 Å². The van der Waals surface area contributed by atoms with Crippen LogP contribution in [0.25, 0.3) is 10.4 Å². The number of nitrogens with one attached hydrogen (secondary N) is 1. The van der Waals surface area contributed by atoms with Crippen molar-refractivity contribution in [2.24, 2.45) is 5.92 Å². The number of benzene rings is 1. The number of likely N-dealkylation sites (tertiary alicyclic amines) is 1. The molecule has 0 aliphatic carbocycles. The maximum Gasteiger partial charge on any atom is 0.433 e. The molecular weight excluding hydrogens is 468 g/mol. The summed E-state index contributed by atoms with van der Waals surface area (Å²) < 4.78 is 52.4. The predicted molar refractivity (Wildman–Crippen MR) is 123 cm³/mol. The van der Waals surface area contributed by atoms with Crippen molar-refractivity contribution in [3.63, 3.8) is 0 Å². The lowest BCUT2D eigenvalue weighted by Crippen LogP contribution is -2.51. The number of nitrogens with zero attached hydrogens (tertiary/aromatic N) is 3. The molecule has 0 bridgehead atoms. The van der Waals surface area contributed by atoms with Crippen LogP contribution in [0.15, 0.2) is 42.5 Å². The van der Waals surface area contributed by atoms with E-state index in [0.29, 0.717) is 22.7 Å². The molecule has 1 aromatic carbocycles. The Morgan fingerprint density at radius 2 is 1.91 bits per heavy atom. The third-order valence-electron chi connectivity index (χ3n) is 5.95. The Kier molecular flexibility index (Phi) is 6.88. The Balaban J connectivity index is 1.57. The number of pyridine rings is 1. The molecule has 1 N–H and O–H groups in total. The highest BCUT2D eigenvalue weighted by molar-refractivity contribution is 7.15. The number of alkyl halides is 3. The van der Waals surface area contributed by atoms with E-state index in [2.05, 4.69) is 15.3 Å². The quantitative estimate of drug-likeness (QED) is 0.442. The SMILES string of the molecule is Cc1nc(C(=O)N2CCC[C@H](C)[C@@H]2CNc2cccc(C(F)(F)F)n2)c(-c2ccc(F)cc2)s1. The highest BCUT2D eigenvalue weighted by Gasteiger charge is 2.35. The van der Waals surface area contributed by atoms with Gasteiger partial charge in [0.15, 0.2) is 0 Å². The molecule has 1 amide bonds. The average Bonchev–Trinajstić information content (AvgIpc) is 3.19. The van der Waals surface area contributed by atoms with Crippen LogP contribution in [0.5, 0.6) is 0 Å². The number of amides is 1. The normalized spacial score (nSPS) is 18.7. The summed E-state index contributed by atoms with van der Waals surface area (Å²) in [7, 11) is 0. The molecule has 3 aromatic rings. The summed E-state index contributed by atoms with van der Waals surface area (Å²) in [6, 6.07) is 9.38. The molecule has 4 rings (SSSR count). The molecule has 1 saturated heterocycles. The van der Waals surface area contributed by atoms with Gasteiger partial charge in [-0.1, -0.05) is 25.1 Å². The molecule has 3 heterocycles. The van der Waals surface area contributed by atoms with Gasteiger partial charge >= 0.3 is 6.18 Å². The van der Waals surface area contributed by atoms with E-state index in [4.69, 9.17) is 0 Å². The molecule has 34 heavy (non-hydrogen) atoms. The van der Waals surface area contributed by atoms with Gasteiger partial charge in [-0.15, -0.1) is 11.3 Å². The molecule has 1 aliphatic heterocycles. The Labute approximate surface area is 198 Å². The molecule has 0 radical (unpaired) electrons. The molecule has 5 nitrogen and oxygen atoms in total. The summed E-state index contributed by atoms with van der Waals surface area (Å²) in [6.45, 7) is 4.62. The lowest BCUT2D eigenvalue weighted by Gasteiger charge is -2.40. The van der Waals surface area contributed by atoms with E-state index in [-0.39, 0.29) is 36.0 Å². The second-order valence-corrected chi connectivity index (χ2v) is 9.59. The van der Waals surface area contributed by atoms with E-state index in [0.717, 1.165) is 23.9 Å². The number of hydrogen-bond acceptors (Lipinski definition) is 5. The maximum absolute atomic E-state index is 13.6. The van der Waals surface area contributed by atoms with Crippen LogP contribution in [0.2, 0.25) is 0 Å². The number of piperidine rings is 1. The number of aryl methyl sites for hydroxylation is 1. The minimum atomic E-state index is -4.53. The third-order valence-corrected chi connectivity index (χ3v) is 6.97. The van der Waals surface area contributed by atoms with Crippen molar-refractivity contribution < 1.29 is 22.4 Å². The van der Waals surface area contributed by atoms with E-state index in [1.54, 1.807) is 17.0 Å². The number of thiazole rings is 1. The number of aromatic nitrogens is 2. The van der Waals surface area contributed by atoms with Crippen molar-refractivity contribution in [2.75, 3.05) is 18.4 Å². The van der Waals surface area contributed by atoms with Crippen molar-refractivity contribution in [1.29, 1.82) is 0 Å². The fraction of sp³-hybridized carbons (Fsp3) is 0.375. The van der Waals surface area contributed by atoms with Gasteiger partial charge in [-0.25, -0.2) is 14.4 Å². The largest absolute Gasteiger partial charge is 0.433 e. The summed E-state index contributed by atoms with van der Waals surface area (Å²) in [4.78, 5) is 24.2. The van der Waals surface area contributed by atoms with E-state index in [1.807, 2.05) is 13.8 Å². The Morgan fingerprint density at radius 3 is 2.62 bits per heavy atom. The minimum Gasteiger partial charge on any atom is -0.368 e. The van der Waals surface area contributed by atoms with Gasteiger partial charge in [-0.2, -0.15) is 13.2 Å². The second kappa shape index (κ2) is 9.69. The summed E-state index contributed by atoms with van der Waals surface area (Å²) >= 11 is 1.37. The highest BCUT2D eigenvalue weighted by Crippen LogP contribution is 2.34. The van der Waals surface area contributed by atoms with Crippen molar-refractivity contribution in [1.82, 2.24) is 14.9 Å². The van der Waals surface area contributed by atoms with Gasteiger partial charge in [-0.05, 0) is 55.5 Å². The first-order valence-corrected chi connectivity index (χ1v) is 11.8. The molecule has 2 aromatic heterocycles. The molecule has 0 saturated carbocycles. The lowest BCUT2D eigenvalue weighted by molar-refractivity contribution is -0.141. The molecule has 0 spiro atoms. The van der Waals surface area contributed by atoms with Crippen LogP contribution in [0.4, 0.5) is 23.4 Å². The number of carbonyl (C=O) groups excluding carboxylic acids is 1. The van der Waals surface area contributed by atoms with Crippen molar-refractivity contribution in [3.8, 4) is 10.4 Å². The van der Waals surface area contributed by atoms with Gasteiger partial charge in [0.25, 0.3) is 5.91 Å². The first kappa shape index (κ1) is 24.1. The number of rotatable bonds is 5. The predicted octanol–water partition coefficient (Wildman–Crippen LogP) is 6.02. The molecule has 10 heteroatoms. The van der Waals surface area contributed by atoms with E-state index in [1.165, 1.54) is 35.6 Å². The number of carbonyl (C=O) groups is 1. The van der Waals surface area contributed by atoms with Crippen LogP contribution in [-0.4, -0.2) is 39.9 Å². The number of hydrogen-bond donors (Lipinski definition) is 1. The maximum atomic E-state index is 13.6. The zero-order chi connectivity index (χ0) is 24.5. The monoisotopic (exact) mass is 492 g/mol. The molecule has 180 valence electrons. The topological polar surface area (TPSA) is 58.1 Å². The van der Waals surface area contributed by atoms with Gasteiger partial charge in [0.05, 0.1) is 15.9 Å². The van der Waals surface area contributed by atoms with Crippen molar-refractivity contribution in [3.05, 3.63) is 64.7 Å². The zero-order valence-electron chi connectivity index (χ0n) is 18.7. The Bertz CT molecular complexity index is 1160. The molecule has 1 fully saturated rings. The van der Waals surface area contributed by atoms with Gasteiger partial charge < -0.3 is 10.2 Å². The van der Waals surface area contributed by atoms with Gasteiger partial charge in [0.1, 0.15) is 23.0 Å². The average molecular weight is 493 g/mol. The third kappa shape index (κ3) is 5.22. The fourth-order valence-electron chi connectivity index (χ4n) is 4.22. The molecular formula is C24H24F4N4OS. The van der Waals surface area contributed by atoms with E-state index < -0.39 is 11.9 Å². The van der Waals surface area contributed by atoms with Crippen LogP contribution in [0.3, 0.4) is 0 Å². The zero-order valence-corrected chi connectivity index (χ0v) is 19.5. The van der Waals surface area contributed by atoms with Gasteiger partial charge in [-0.3, -0.25) is 4.79 Å². The van der Waals surface area contributed by atoms with Gasteiger partial charge in [0, 0.05) is 13.1 Å². The number of halogens is 4. The fourth-order valence-corrected chi connectivity index (χ4v) is 5.13. The van der Waals surface area contributed by atoms with E-state index in [9.17, 15) is 22.4 Å². The minimum absolute atomic E-state index is 0.108. The summed E-state index contributed by atoms with van der Waals surface area (Å²) in [5, 5.41) is 3.70.